The van der Waals surface area contributed by atoms with Crippen LogP contribution in [0.25, 0.3) is 0 Å². The zero-order chi connectivity index (χ0) is 60.0. The number of quaternary nitrogens is 1. The lowest BCUT2D eigenvalue weighted by molar-refractivity contribution is -0.870. The summed E-state index contributed by atoms with van der Waals surface area (Å²) in [6.07, 6.45) is 80.8. The molecule has 0 aromatic carbocycles. The van der Waals surface area contributed by atoms with Crippen molar-refractivity contribution in [1.82, 2.24) is 5.32 Å². The summed E-state index contributed by atoms with van der Waals surface area (Å²) in [6, 6.07) is -0.872. The molecule has 478 valence electrons. The fourth-order valence-electron chi connectivity index (χ4n) is 10.1. The van der Waals surface area contributed by atoms with Gasteiger partial charge < -0.3 is 19.4 Å². The predicted molar refractivity (Wildman–Crippen MR) is 355 cm³/mol. The summed E-state index contributed by atoms with van der Waals surface area (Å²) in [7, 11) is 1.47. The Hall–Kier alpha value is -2.55. The van der Waals surface area contributed by atoms with Crippen molar-refractivity contribution < 1.29 is 37.3 Å². The number of ether oxygens (including phenoxy) is 1. The Morgan fingerprint density at radius 2 is 0.793 bits per heavy atom. The van der Waals surface area contributed by atoms with Crippen LogP contribution in [0.3, 0.4) is 0 Å². The molecule has 0 aromatic rings. The van der Waals surface area contributed by atoms with Gasteiger partial charge in [-0.05, 0) is 70.3 Å². The van der Waals surface area contributed by atoms with E-state index in [-0.39, 0.29) is 31.5 Å². The van der Waals surface area contributed by atoms with E-state index in [1.54, 1.807) is 0 Å². The summed E-state index contributed by atoms with van der Waals surface area (Å²) in [5.41, 5.74) is 0. The van der Waals surface area contributed by atoms with Crippen LogP contribution in [-0.4, -0.2) is 74.3 Å². The molecule has 0 aliphatic heterocycles. The van der Waals surface area contributed by atoms with Crippen LogP contribution < -0.4 is 5.32 Å². The molecule has 82 heavy (non-hydrogen) atoms. The molecule has 1 amide bonds. The maximum atomic E-state index is 13.6. The number of hydrogen-bond donors (Lipinski definition) is 2. The third-order valence-electron chi connectivity index (χ3n) is 15.4. The molecule has 3 atom stereocenters. The molecule has 2 N–H and O–H groups in total. The number of likely N-dealkylation sites (N-methyl/N-ethyl adjacent to an activating group) is 1. The second-order valence-corrected chi connectivity index (χ2v) is 26.1. The molecule has 0 aliphatic carbocycles. The Kier molecular flexibility index (Phi) is 59.6. The lowest BCUT2D eigenvalue weighted by atomic mass is 10.0. The minimum atomic E-state index is -4.47. The van der Waals surface area contributed by atoms with E-state index in [4.69, 9.17) is 13.8 Å². The van der Waals surface area contributed by atoms with E-state index >= 15 is 0 Å². The number of hydrogen-bond acceptors (Lipinski definition) is 6. The second kappa shape index (κ2) is 61.5. The van der Waals surface area contributed by atoms with Crippen molar-refractivity contribution in [2.75, 3.05) is 40.9 Å². The van der Waals surface area contributed by atoms with Crippen LogP contribution in [-0.2, 0) is 27.9 Å². The van der Waals surface area contributed by atoms with Crippen LogP contribution in [0.5, 0.6) is 0 Å². The second-order valence-electron chi connectivity index (χ2n) is 24.7. The number of carbonyl (C=O) groups is 2. The number of nitrogens with one attached hydrogen (secondary N) is 1. The Morgan fingerprint density at radius 1 is 0.439 bits per heavy atom. The van der Waals surface area contributed by atoms with Gasteiger partial charge in [-0.25, -0.2) is 4.57 Å². The van der Waals surface area contributed by atoms with Crippen molar-refractivity contribution in [3.05, 3.63) is 72.9 Å². The summed E-state index contributed by atoms with van der Waals surface area (Å²) >= 11 is 0. The number of unbranched alkanes of at least 4 members (excludes halogenated alkanes) is 37. The lowest BCUT2D eigenvalue weighted by Crippen LogP contribution is -2.47. The van der Waals surface area contributed by atoms with E-state index in [1.165, 1.54) is 205 Å². The monoisotopic (exact) mass is 1170 g/mol. The minimum Gasteiger partial charge on any atom is -0.456 e. The van der Waals surface area contributed by atoms with Crippen LogP contribution in [0.1, 0.15) is 323 Å². The zero-order valence-corrected chi connectivity index (χ0v) is 55.6. The number of nitrogens with zero attached hydrogens (tertiary/aromatic N) is 1. The number of esters is 1. The first kappa shape index (κ1) is 79.5. The maximum absolute atomic E-state index is 13.6. The average Bonchev–Trinajstić information content (AvgIpc) is 3.44. The van der Waals surface area contributed by atoms with Crippen molar-refractivity contribution >= 4 is 19.7 Å². The fraction of sp³-hybridized carbons (Fsp3) is 0.806. The topological polar surface area (TPSA) is 111 Å². The van der Waals surface area contributed by atoms with Gasteiger partial charge in [0.1, 0.15) is 19.3 Å². The van der Waals surface area contributed by atoms with Crippen LogP contribution in [0.4, 0.5) is 0 Å². The van der Waals surface area contributed by atoms with E-state index in [0.29, 0.717) is 23.9 Å². The molecular formula is C72H134N2O7P+. The Bertz CT molecular complexity index is 1630. The van der Waals surface area contributed by atoms with Gasteiger partial charge in [-0.15, -0.1) is 0 Å². The van der Waals surface area contributed by atoms with Crippen molar-refractivity contribution in [2.45, 2.75) is 335 Å². The Morgan fingerprint density at radius 3 is 1.18 bits per heavy atom. The Labute approximate surface area is 508 Å². The molecule has 0 bridgehead atoms. The van der Waals surface area contributed by atoms with Crippen molar-refractivity contribution in [3.63, 3.8) is 0 Å². The molecule has 9 nitrogen and oxygen atoms in total. The number of carbonyl (C=O) groups excluding carboxylic acids is 2. The van der Waals surface area contributed by atoms with Gasteiger partial charge in [0.2, 0.25) is 5.91 Å². The predicted octanol–water partition coefficient (Wildman–Crippen LogP) is 22.0. The maximum Gasteiger partial charge on any atom is 0.472 e. The van der Waals surface area contributed by atoms with E-state index in [2.05, 4.69) is 86.8 Å². The number of phosphoric acid groups is 1. The summed E-state index contributed by atoms with van der Waals surface area (Å²) in [6.45, 7) is 6.90. The summed E-state index contributed by atoms with van der Waals surface area (Å²) in [5, 5.41) is 3.05. The molecule has 0 saturated heterocycles. The standard InChI is InChI=1S/C72H133N2O7P/c1-7-10-13-16-19-22-25-28-30-32-33-34-35-36-37-38-39-40-41-43-44-46-49-52-55-58-61-64-71(75)73-69(68-80-82(77,78)79-67-66-74(4,5)6)70(63-60-57-54-51-48-27-24-21-18-15-12-9-3)81-72(76)65-62-59-56-53-50-47-45-42-31-29-26-23-20-17-14-11-8-2/h11,14,20,23,29,31,45,47,53,56,60,63,69-70H,7-10,12-13,15-19,21-22,24-28,30,32-44,46,48-52,54-55,57-59,61-62,64-68H2,1-6H3,(H-,73,75,77,78)/p+1/b14-11-,23-20-,31-29-,47-45-,56-53-,63-60-. The first-order valence-corrected chi connectivity index (χ1v) is 36.3. The molecule has 0 aromatic heterocycles. The van der Waals surface area contributed by atoms with Crippen LogP contribution in [0, 0.1) is 0 Å². The summed E-state index contributed by atoms with van der Waals surface area (Å²) < 4.78 is 30.7. The highest BCUT2D eigenvalue weighted by Gasteiger charge is 2.30. The van der Waals surface area contributed by atoms with Gasteiger partial charge in [-0.1, -0.05) is 312 Å². The largest absolute Gasteiger partial charge is 0.472 e. The fourth-order valence-corrected chi connectivity index (χ4v) is 10.8. The number of phosphoric ester groups is 1. The molecular weight excluding hydrogens is 1040 g/mol. The molecule has 0 spiro atoms. The third-order valence-corrected chi connectivity index (χ3v) is 16.4. The van der Waals surface area contributed by atoms with Crippen LogP contribution in [0.15, 0.2) is 72.9 Å². The average molecular weight is 1170 g/mol. The molecule has 3 unspecified atom stereocenters. The first-order valence-electron chi connectivity index (χ1n) is 34.8. The minimum absolute atomic E-state index is 0.0308. The highest BCUT2D eigenvalue weighted by atomic mass is 31.2. The summed E-state index contributed by atoms with van der Waals surface area (Å²) in [4.78, 5) is 37.8. The van der Waals surface area contributed by atoms with Gasteiger partial charge in [-0.3, -0.25) is 18.6 Å². The highest BCUT2D eigenvalue weighted by molar-refractivity contribution is 7.47. The molecule has 0 heterocycles. The third kappa shape index (κ3) is 62.0. The molecule has 0 fully saturated rings. The van der Waals surface area contributed by atoms with E-state index < -0.39 is 20.0 Å². The van der Waals surface area contributed by atoms with Gasteiger partial charge in [0, 0.05) is 12.8 Å². The molecule has 0 rings (SSSR count). The molecule has 0 saturated carbocycles. The van der Waals surface area contributed by atoms with Gasteiger partial charge in [0.15, 0.2) is 0 Å². The normalized spacial score (nSPS) is 14.0. The van der Waals surface area contributed by atoms with Gasteiger partial charge >= 0.3 is 13.8 Å². The number of rotatable bonds is 63. The highest BCUT2D eigenvalue weighted by Crippen LogP contribution is 2.43. The Balaban J connectivity index is 5.06. The lowest BCUT2D eigenvalue weighted by Gasteiger charge is -2.27. The van der Waals surface area contributed by atoms with Crippen LogP contribution in [0.2, 0.25) is 0 Å². The quantitative estimate of drug-likeness (QED) is 0.0205. The van der Waals surface area contributed by atoms with Crippen LogP contribution >= 0.6 is 7.82 Å². The SMILES string of the molecule is CC/C=C\C/C=C\C/C=C\C/C=C\C/C=C\CCCC(=O)OC(/C=C\CCCCCCCCCCCC)C(COP(=O)(O)OCC[N+](C)(C)C)NC(=O)CCCCCCCCCCCCCCCCCCCCCCCCCCCCC. The van der Waals surface area contributed by atoms with Crippen molar-refractivity contribution in [2.24, 2.45) is 0 Å². The van der Waals surface area contributed by atoms with Gasteiger partial charge in [-0.2, -0.15) is 0 Å². The van der Waals surface area contributed by atoms with E-state index in [9.17, 15) is 19.0 Å². The van der Waals surface area contributed by atoms with Gasteiger partial charge in [0.05, 0.1) is 33.8 Å². The molecule has 10 heteroatoms. The zero-order valence-electron chi connectivity index (χ0n) is 54.7. The van der Waals surface area contributed by atoms with E-state index in [1.807, 2.05) is 33.3 Å². The van der Waals surface area contributed by atoms with E-state index in [0.717, 1.165) is 77.0 Å². The number of amides is 1. The smallest absolute Gasteiger partial charge is 0.456 e. The molecule has 0 radical (unpaired) electrons. The van der Waals surface area contributed by atoms with Gasteiger partial charge in [0.25, 0.3) is 0 Å². The summed E-state index contributed by atoms with van der Waals surface area (Å²) in [5.74, 6) is -0.563. The molecule has 0 aliphatic rings. The number of allylic oxidation sites excluding steroid dienone is 11. The van der Waals surface area contributed by atoms with Crippen molar-refractivity contribution in [1.29, 1.82) is 0 Å². The van der Waals surface area contributed by atoms with Crippen molar-refractivity contribution in [3.8, 4) is 0 Å². The first-order chi connectivity index (χ1) is 39.9.